The highest BCUT2D eigenvalue weighted by atomic mass is 32.1. The summed E-state index contributed by atoms with van der Waals surface area (Å²) in [5, 5.41) is 0. The molecule has 59 heavy (non-hydrogen) atoms. The standard InChI is InChI=1S/C23H26N4O2S.C22H24N4O2S/c1-16-5-4-6-18(13-16)26-15-19(29-23(26)28)14-25-11-9-17(10-12-25)27-21-8-3-2-7-20(21)24-22(27)30;27-22-25(16-6-2-1-3-7-16)15-18(28-22)14-24-12-10-17(11-13-24)26-20-9-5-4-8-19(20)23-21(26)29/h2-8,13,17,19H,9-12,14-15H2,1H3,(H,24,30);1-9,17-18H,10-15H2,(H,23,29). The van der Waals surface area contributed by atoms with Gasteiger partial charge in [0.25, 0.3) is 0 Å². The lowest BCUT2D eigenvalue weighted by Gasteiger charge is -2.33. The molecule has 2 atom stereocenters. The molecule has 6 heterocycles. The van der Waals surface area contributed by atoms with Crippen molar-refractivity contribution in [1.29, 1.82) is 0 Å². The first-order valence-electron chi connectivity index (χ1n) is 20.7. The molecule has 2 amide bonds. The number of nitrogens with one attached hydrogen (secondary N) is 2. The largest absolute Gasteiger partial charge is 0.443 e. The number of carbonyl (C=O) groups is 2. The van der Waals surface area contributed by atoms with E-state index in [1.54, 1.807) is 9.80 Å². The van der Waals surface area contributed by atoms with E-state index in [0.717, 1.165) is 102 Å². The van der Waals surface area contributed by atoms with Gasteiger partial charge in [0.2, 0.25) is 0 Å². The van der Waals surface area contributed by atoms with E-state index in [4.69, 9.17) is 33.9 Å². The van der Waals surface area contributed by atoms with Crippen molar-refractivity contribution in [3.63, 3.8) is 0 Å². The Morgan fingerprint density at radius 1 is 0.576 bits per heavy atom. The van der Waals surface area contributed by atoms with Gasteiger partial charge in [0.15, 0.2) is 9.54 Å². The van der Waals surface area contributed by atoms with Gasteiger partial charge in [0, 0.05) is 62.7 Å². The lowest BCUT2D eigenvalue weighted by molar-refractivity contribution is 0.0923. The first-order valence-corrected chi connectivity index (χ1v) is 21.5. The Kier molecular flexibility index (Phi) is 11.4. The minimum absolute atomic E-state index is 0.0884. The lowest BCUT2D eigenvalue weighted by Crippen LogP contribution is -2.40. The van der Waals surface area contributed by atoms with Gasteiger partial charge in [-0.1, -0.05) is 54.6 Å². The summed E-state index contributed by atoms with van der Waals surface area (Å²) < 4.78 is 17.4. The average Bonchev–Trinajstić information content (AvgIpc) is 4.00. The van der Waals surface area contributed by atoms with Crippen LogP contribution in [0.1, 0.15) is 43.3 Å². The Balaban J connectivity index is 0.000000152. The highest BCUT2D eigenvalue weighted by Crippen LogP contribution is 2.31. The molecule has 2 N–H and O–H groups in total. The Bertz CT molecular complexity index is 2550. The van der Waals surface area contributed by atoms with Gasteiger partial charge in [-0.2, -0.15) is 0 Å². The van der Waals surface area contributed by atoms with Gasteiger partial charge in [-0.25, -0.2) is 9.59 Å². The molecular formula is C45H50N8O4S2. The molecule has 4 aliphatic rings. The first-order chi connectivity index (χ1) is 28.8. The van der Waals surface area contributed by atoms with Crippen LogP contribution in [-0.4, -0.2) is 106 Å². The Morgan fingerprint density at radius 3 is 1.51 bits per heavy atom. The number of aromatic amines is 2. The topological polar surface area (TPSA) is 107 Å². The van der Waals surface area contributed by atoms with Gasteiger partial charge in [-0.05, 0) is 111 Å². The van der Waals surface area contributed by atoms with E-state index >= 15 is 0 Å². The number of para-hydroxylation sites is 5. The number of amides is 2. The zero-order valence-electron chi connectivity index (χ0n) is 33.2. The number of cyclic esters (lactones) is 2. The van der Waals surface area contributed by atoms with Crippen molar-refractivity contribution < 1.29 is 19.1 Å². The van der Waals surface area contributed by atoms with E-state index in [9.17, 15) is 9.59 Å². The summed E-state index contributed by atoms with van der Waals surface area (Å²) in [5.41, 5.74) is 7.50. The second-order valence-corrected chi connectivity index (χ2v) is 16.9. The zero-order chi connectivity index (χ0) is 40.5. The third-order valence-electron chi connectivity index (χ3n) is 12.1. The summed E-state index contributed by atoms with van der Waals surface area (Å²) in [7, 11) is 0. The molecule has 4 aromatic carbocycles. The van der Waals surface area contributed by atoms with Crippen molar-refractivity contribution in [2.24, 2.45) is 0 Å². The van der Waals surface area contributed by atoms with Crippen LogP contribution in [0, 0.1) is 16.5 Å². The number of hydrogen-bond donors (Lipinski definition) is 2. The highest BCUT2D eigenvalue weighted by Gasteiger charge is 2.36. The van der Waals surface area contributed by atoms with Crippen molar-refractivity contribution in [3.05, 3.63) is 118 Å². The van der Waals surface area contributed by atoms with E-state index < -0.39 is 0 Å². The van der Waals surface area contributed by atoms with Gasteiger partial charge >= 0.3 is 12.2 Å². The molecular weight excluding hydrogens is 781 g/mol. The maximum atomic E-state index is 12.4. The molecule has 4 aliphatic heterocycles. The Labute approximate surface area is 353 Å². The normalized spacial score (nSPS) is 20.9. The number of nitrogens with zero attached hydrogens (tertiary/aromatic N) is 6. The molecule has 0 bridgehead atoms. The summed E-state index contributed by atoms with van der Waals surface area (Å²) in [6, 6.07) is 35.1. The van der Waals surface area contributed by atoms with Crippen molar-refractivity contribution in [1.82, 2.24) is 28.9 Å². The Morgan fingerprint density at radius 2 is 1.02 bits per heavy atom. The third kappa shape index (κ3) is 8.45. The third-order valence-corrected chi connectivity index (χ3v) is 12.7. The number of anilines is 2. The first kappa shape index (κ1) is 39.2. The summed E-state index contributed by atoms with van der Waals surface area (Å²) in [5.74, 6) is 0. The van der Waals surface area contributed by atoms with Gasteiger partial charge in [-0.3, -0.25) is 19.6 Å². The molecule has 4 saturated heterocycles. The molecule has 2 aromatic heterocycles. The second-order valence-electron chi connectivity index (χ2n) is 16.1. The predicted octanol–water partition coefficient (Wildman–Crippen LogP) is 9.03. The molecule has 0 aliphatic carbocycles. The summed E-state index contributed by atoms with van der Waals surface area (Å²) in [6.07, 6.45) is 3.49. The zero-order valence-corrected chi connectivity index (χ0v) is 34.9. The van der Waals surface area contributed by atoms with Crippen LogP contribution < -0.4 is 9.80 Å². The number of aryl methyl sites for hydroxylation is 1. The number of rotatable bonds is 8. The number of piperidine rings is 2. The van der Waals surface area contributed by atoms with Crippen LogP contribution >= 0.6 is 24.4 Å². The molecule has 10 rings (SSSR count). The average molecular weight is 831 g/mol. The number of hydrogen-bond acceptors (Lipinski definition) is 8. The second kappa shape index (κ2) is 17.1. The lowest BCUT2D eigenvalue weighted by atomic mass is 10.0. The number of aromatic nitrogens is 4. The smallest absolute Gasteiger partial charge is 0.414 e. The molecule has 6 aromatic rings. The number of fused-ring (bicyclic) bond motifs is 2. The highest BCUT2D eigenvalue weighted by molar-refractivity contribution is 7.71. The van der Waals surface area contributed by atoms with Gasteiger partial charge < -0.3 is 28.6 Å². The molecule has 0 spiro atoms. The number of benzene rings is 4. The summed E-state index contributed by atoms with van der Waals surface area (Å²) in [4.78, 5) is 39.6. The van der Waals surface area contributed by atoms with Crippen molar-refractivity contribution in [2.45, 2.75) is 56.9 Å². The monoisotopic (exact) mass is 830 g/mol. The van der Waals surface area contributed by atoms with Crippen LogP contribution in [0.3, 0.4) is 0 Å². The van der Waals surface area contributed by atoms with E-state index in [2.05, 4.69) is 65.3 Å². The van der Waals surface area contributed by atoms with Crippen LogP contribution in [0.15, 0.2) is 103 Å². The molecule has 0 saturated carbocycles. The summed E-state index contributed by atoms with van der Waals surface area (Å²) >= 11 is 11.2. The van der Waals surface area contributed by atoms with Crippen LogP contribution in [0.2, 0.25) is 0 Å². The molecule has 12 nitrogen and oxygen atoms in total. The molecule has 14 heteroatoms. The van der Waals surface area contributed by atoms with E-state index in [0.29, 0.717) is 25.2 Å². The summed E-state index contributed by atoms with van der Waals surface area (Å²) in [6.45, 7) is 8.71. The van der Waals surface area contributed by atoms with Crippen LogP contribution in [0.4, 0.5) is 21.0 Å². The van der Waals surface area contributed by atoms with E-state index in [-0.39, 0.29) is 24.4 Å². The van der Waals surface area contributed by atoms with Gasteiger partial charge in [0.1, 0.15) is 12.2 Å². The van der Waals surface area contributed by atoms with Crippen LogP contribution in [0.25, 0.3) is 22.1 Å². The number of H-pyrrole nitrogens is 2. The maximum absolute atomic E-state index is 12.4. The number of likely N-dealkylation sites (tertiary alicyclic amines) is 2. The van der Waals surface area contributed by atoms with Crippen LogP contribution in [0.5, 0.6) is 0 Å². The van der Waals surface area contributed by atoms with Crippen molar-refractivity contribution >= 4 is 70.1 Å². The minimum Gasteiger partial charge on any atom is -0.443 e. The fourth-order valence-electron chi connectivity index (χ4n) is 9.23. The molecule has 0 radical (unpaired) electrons. The quantitative estimate of drug-likeness (QED) is 0.147. The number of carbonyl (C=O) groups excluding carboxylic acids is 2. The maximum Gasteiger partial charge on any atom is 0.414 e. The fraction of sp³-hybridized carbons (Fsp3) is 0.378. The molecule has 306 valence electrons. The Hall–Kier alpha value is -5.28. The van der Waals surface area contributed by atoms with E-state index in [1.807, 2.05) is 73.7 Å². The van der Waals surface area contributed by atoms with Gasteiger partial charge in [-0.15, -0.1) is 0 Å². The SMILES string of the molecule is Cc1cccc(N2CC(CN3CCC(n4c(=S)[nH]c5ccccc54)CC3)OC2=O)c1.O=C1OC(CN2CCC(n3c(=S)[nH]c4ccccc43)CC2)CN1c1ccccc1. The van der Waals surface area contributed by atoms with E-state index in [1.165, 1.54) is 11.0 Å². The van der Waals surface area contributed by atoms with Crippen molar-refractivity contribution in [3.8, 4) is 0 Å². The van der Waals surface area contributed by atoms with Gasteiger partial charge in [0.05, 0.1) is 35.2 Å². The number of ether oxygens (including phenoxy) is 2. The fourth-order valence-corrected chi connectivity index (χ4v) is 9.94. The van der Waals surface area contributed by atoms with Crippen molar-refractivity contribution in [2.75, 3.05) is 62.2 Å². The number of imidazole rings is 2. The molecule has 4 fully saturated rings. The minimum atomic E-state index is -0.249. The molecule has 2 unspecified atom stereocenters. The predicted molar refractivity (Wildman–Crippen MR) is 237 cm³/mol. The van der Waals surface area contributed by atoms with Crippen LogP contribution in [-0.2, 0) is 9.47 Å².